The minimum Gasteiger partial charge on any atom is -0.378 e. The second kappa shape index (κ2) is 5.44. The van der Waals surface area contributed by atoms with Gasteiger partial charge in [0.15, 0.2) is 0 Å². The number of rotatable bonds is 4. The molecule has 0 radical (unpaired) electrons. The van der Waals surface area contributed by atoms with Gasteiger partial charge in [-0.3, -0.25) is 4.68 Å². The lowest BCUT2D eigenvalue weighted by atomic mass is 10.2. The van der Waals surface area contributed by atoms with Gasteiger partial charge in [0.25, 0.3) is 0 Å². The normalized spacial score (nSPS) is 10.9. The highest BCUT2D eigenvalue weighted by atomic mass is 35.5. The van der Waals surface area contributed by atoms with Crippen molar-refractivity contribution in [2.24, 2.45) is 0 Å². The smallest absolute Gasteiger partial charge is 0.0815 e. The van der Waals surface area contributed by atoms with Crippen LogP contribution < -0.4 is 5.32 Å². The molecule has 96 valence electrons. The van der Waals surface area contributed by atoms with Gasteiger partial charge in [0.05, 0.1) is 22.9 Å². The van der Waals surface area contributed by atoms with Crippen LogP contribution in [0.5, 0.6) is 0 Å². The Morgan fingerprint density at radius 1 is 1.33 bits per heavy atom. The first-order valence-corrected chi connectivity index (χ1v) is 6.48. The predicted molar refractivity (Wildman–Crippen MR) is 76.1 cm³/mol. The monoisotopic (exact) mass is 263 g/mol. The molecule has 0 bridgehead atoms. The molecule has 4 heteroatoms. The van der Waals surface area contributed by atoms with E-state index in [9.17, 15) is 0 Å². The van der Waals surface area contributed by atoms with E-state index in [2.05, 4.69) is 24.3 Å². The van der Waals surface area contributed by atoms with Crippen molar-refractivity contribution in [1.29, 1.82) is 0 Å². The van der Waals surface area contributed by atoms with E-state index >= 15 is 0 Å². The van der Waals surface area contributed by atoms with Gasteiger partial charge in [0, 0.05) is 12.2 Å². The predicted octanol–water partition coefficient (Wildman–Crippen LogP) is 4.04. The zero-order valence-corrected chi connectivity index (χ0v) is 11.7. The summed E-state index contributed by atoms with van der Waals surface area (Å²) in [7, 11) is 0. The van der Waals surface area contributed by atoms with Crippen molar-refractivity contribution >= 4 is 17.3 Å². The van der Waals surface area contributed by atoms with Crippen LogP contribution in [-0.2, 0) is 6.54 Å². The van der Waals surface area contributed by atoms with Crippen LogP contribution in [0.15, 0.2) is 30.5 Å². The van der Waals surface area contributed by atoms with Crippen molar-refractivity contribution in [1.82, 2.24) is 9.78 Å². The molecule has 0 amide bonds. The van der Waals surface area contributed by atoms with Gasteiger partial charge in [-0.1, -0.05) is 23.7 Å². The van der Waals surface area contributed by atoms with Gasteiger partial charge in [0.1, 0.15) is 0 Å². The number of nitrogens with zero attached hydrogens (tertiary/aromatic N) is 2. The lowest BCUT2D eigenvalue weighted by Gasteiger charge is -2.09. The molecular weight excluding hydrogens is 246 g/mol. The molecule has 2 rings (SSSR count). The lowest BCUT2D eigenvalue weighted by Crippen LogP contribution is -2.05. The van der Waals surface area contributed by atoms with Crippen LogP contribution in [0, 0.1) is 6.92 Å². The maximum Gasteiger partial charge on any atom is 0.0815 e. The fraction of sp³-hybridized carbons (Fsp3) is 0.357. The molecule has 0 saturated carbocycles. The van der Waals surface area contributed by atoms with E-state index in [1.165, 1.54) is 0 Å². The van der Waals surface area contributed by atoms with Gasteiger partial charge in [-0.25, -0.2) is 0 Å². The molecule has 0 aliphatic rings. The first kappa shape index (κ1) is 13.0. The second-order valence-electron chi connectivity index (χ2n) is 4.67. The number of hydrogen-bond acceptors (Lipinski definition) is 2. The third kappa shape index (κ3) is 2.85. The summed E-state index contributed by atoms with van der Waals surface area (Å²) in [5, 5.41) is 8.58. The molecule has 1 aromatic carbocycles. The summed E-state index contributed by atoms with van der Waals surface area (Å²) < 4.78 is 1.95. The van der Waals surface area contributed by atoms with E-state index < -0.39 is 0 Å². The number of anilines is 1. The minimum absolute atomic E-state index is 0.390. The van der Waals surface area contributed by atoms with Crippen LogP contribution in [0.3, 0.4) is 0 Å². The number of aromatic nitrogens is 2. The highest BCUT2D eigenvalue weighted by Crippen LogP contribution is 2.25. The SMILES string of the molecule is Cc1cccc(NCc2ccn(C(C)C)n2)c1Cl. The average Bonchev–Trinajstić information content (AvgIpc) is 2.80. The molecular formula is C14H18ClN3. The van der Waals surface area contributed by atoms with Gasteiger partial charge >= 0.3 is 0 Å². The number of hydrogen-bond donors (Lipinski definition) is 1. The first-order chi connectivity index (χ1) is 8.58. The molecule has 0 saturated heterocycles. The molecule has 3 nitrogen and oxygen atoms in total. The van der Waals surface area contributed by atoms with Crippen molar-refractivity contribution in [3.05, 3.63) is 46.7 Å². The second-order valence-corrected chi connectivity index (χ2v) is 5.05. The standard InChI is InChI=1S/C14H18ClN3/c1-10(2)18-8-7-12(17-18)9-16-13-6-4-5-11(3)14(13)15/h4-8,10,16H,9H2,1-3H3. The van der Waals surface area contributed by atoms with E-state index in [1.807, 2.05) is 42.1 Å². The summed E-state index contributed by atoms with van der Waals surface area (Å²) in [4.78, 5) is 0. The molecule has 0 atom stereocenters. The Labute approximate surface area is 113 Å². The fourth-order valence-corrected chi connectivity index (χ4v) is 1.92. The Morgan fingerprint density at radius 2 is 2.11 bits per heavy atom. The summed E-state index contributed by atoms with van der Waals surface area (Å²) in [5.41, 5.74) is 3.05. The van der Waals surface area contributed by atoms with Crippen molar-refractivity contribution in [2.75, 3.05) is 5.32 Å². The van der Waals surface area contributed by atoms with Gasteiger partial charge in [-0.05, 0) is 38.5 Å². The molecule has 0 aliphatic carbocycles. The molecule has 0 fully saturated rings. The molecule has 1 aromatic heterocycles. The maximum absolute atomic E-state index is 6.23. The first-order valence-electron chi connectivity index (χ1n) is 6.11. The Morgan fingerprint density at radius 3 is 2.78 bits per heavy atom. The number of nitrogens with one attached hydrogen (secondary N) is 1. The molecule has 0 unspecified atom stereocenters. The Balaban J connectivity index is 2.04. The van der Waals surface area contributed by atoms with E-state index in [0.29, 0.717) is 12.6 Å². The highest BCUT2D eigenvalue weighted by molar-refractivity contribution is 6.33. The molecule has 2 aromatic rings. The van der Waals surface area contributed by atoms with Crippen LogP contribution in [0.25, 0.3) is 0 Å². The van der Waals surface area contributed by atoms with Crippen LogP contribution in [-0.4, -0.2) is 9.78 Å². The van der Waals surface area contributed by atoms with E-state index in [1.54, 1.807) is 0 Å². The Kier molecular flexibility index (Phi) is 3.92. The molecule has 0 aliphatic heterocycles. The number of benzene rings is 1. The van der Waals surface area contributed by atoms with Crippen LogP contribution in [0.2, 0.25) is 5.02 Å². The summed E-state index contributed by atoms with van der Waals surface area (Å²) >= 11 is 6.23. The van der Waals surface area contributed by atoms with E-state index in [-0.39, 0.29) is 0 Å². The quantitative estimate of drug-likeness (QED) is 0.902. The van der Waals surface area contributed by atoms with E-state index in [4.69, 9.17) is 11.6 Å². The summed E-state index contributed by atoms with van der Waals surface area (Å²) in [5.74, 6) is 0. The Hall–Kier alpha value is -1.48. The third-order valence-electron chi connectivity index (χ3n) is 2.84. The zero-order chi connectivity index (χ0) is 13.1. The molecule has 1 heterocycles. The topological polar surface area (TPSA) is 29.9 Å². The molecule has 18 heavy (non-hydrogen) atoms. The van der Waals surface area contributed by atoms with Crippen molar-refractivity contribution in [3.8, 4) is 0 Å². The van der Waals surface area contributed by atoms with Crippen molar-refractivity contribution < 1.29 is 0 Å². The lowest BCUT2D eigenvalue weighted by molar-refractivity contribution is 0.527. The third-order valence-corrected chi connectivity index (χ3v) is 3.35. The summed E-state index contributed by atoms with van der Waals surface area (Å²) in [6, 6.07) is 8.39. The molecule has 0 spiro atoms. The number of aryl methyl sites for hydroxylation is 1. The number of halogens is 1. The van der Waals surface area contributed by atoms with Crippen molar-refractivity contribution in [2.45, 2.75) is 33.4 Å². The van der Waals surface area contributed by atoms with Gasteiger partial charge in [0.2, 0.25) is 0 Å². The van der Waals surface area contributed by atoms with Gasteiger partial charge < -0.3 is 5.32 Å². The Bertz CT molecular complexity index is 532. The van der Waals surface area contributed by atoms with Gasteiger partial charge in [-0.15, -0.1) is 0 Å². The van der Waals surface area contributed by atoms with Crippen LogP contribution in [0.4, 0.5) is 5.69 Å². The molecule has 1 N–H and O–H groups in total. The largest absolute Gasteiger partial charge is 0.378 e. The summed E-state index contributed by atoms with van der Waals surface area (Å²) in [6.07, 6.45) is 2.00. The average molecular weight is 264 g/mol. The van der Waals surface area contributed by atoms with Crippen LogP contribution in [0.1, 0.15) is 31.1 Å². The van der Waals surface area contributed by atoms with Crippen molar-refractivity contribution in [3.63, 3.8) is 0 Å². The minimum atomic E-state index is 0.390. The van der Waals surface area contributed by atoms with E-state index in [0.717, 1.165) is 22.0 Å². The summed E-state index contributed by atoms with van der Waals surface area (Å²) in [6.45, 7) is 6.91. The van der Waals surface area contributed by atoms with Crippen LogP contribution >= 0.6 is 11.6 Å². The fourth-order valence-electron chi connectivity index (χ4n) is 1.73. The van der Waals surface area contributed by atoms with Gasteiger partial charge in [-0.2, -0.15) is 5.10 Å². The zero-order valence-electron chi connectivity index (χ0n) is 10.9. The maximum atomic E-state index is 6.23. The highest BCUT2D eigenvalue weighted by Gasteiger charge is 2.04.